The first-order chi connectivity index (χ1) is 15.7. The molecule has 2 aromatic carbocycles. The van der Waals surface area contributed by atoms with Crippen molar-refractivity contribution in [2.24, 2.45) is 5.41 Å². The minimum atomic E-state index is -0.437. The zero-order valence-corrected chi connectivity index (χ0v) is 19.7. The molecule has 0 saturated carbocycles. The molecule has 0 bridgehead atoms. The average molecular weight is 446 g/mol. The lowest BCUT2D eigenvalue weighted by atomic mass is 9.68. The fourth-order valence-corrected chi connectivity index (χ4v) is 4.69. The maximum atomic E-state index is 13.3. The molecule has 172 valence electrons. The maximum absolute atomic E-state index is 13.3. The van der Waals surface area contributed by atoms with Gasteiger partial charge < -0.3 is 14.8 Å². The van der Waals surface area contributed by atoms with Gasteiger partial charge in [0.05, 0.1) is 5.57 Å². The van der Waals surface area contributed by atoms with Crippen molar-refractivity contribution in [2.45, 2.75) is 46.5 Å². The van der Waals surface area contributed by atoms with Gasteiger partial charge in [-0.2, -0.15) is 0 Å². The number of Topliss-reactive ketones (excluding diaryl/α,β-unsaturated/α-hetero) is 1. The molecule has 0 spiro atoms. The Bertz CT molecular complexity index is 1110. The van der Waals surface area contributed by atoms with Crippen molar-refractivity contribution in [3.8, 4) is 5.75 Å². The number of allylic oxidation sites excluding steroid dienone is 3. The number of ketones is 1. The molecular weight excluding hydrogens is 414 g/mol. The van der Waals surface area contributed by atoms with Gasteiger partial charge in [-0.1, -0.05) is 61.9 Å². The van der Waals surface area contributed by atoms with Crippen LogP contribution in [0.1, 0.15) is 50.7 Å². The van der Waals surface area contributed by atoms with Crippen molar-refractivity contribution in [2.75, 3.05) is 13.2 Å². The lowest BCUT2D eigenvalue weighted by Gasteiger charge is -2.39. The highest BCUT2D eigenvalue weighted by Gasteiger charge is 2.43. The van der Waals surface area contributed by atoms with Crippen molar-refractivity contribution in [1.29, 1.82) is 0 Å². The van der Waals surface area contributed by atoms with E-state index in [9.17, 15) is 9.59 Å². The van der Waals surface area contributed by atoms with Crippen molar-refractivity contribution in [3.63, 3.8) is 0 Å². The SMILES string of the molecule is CC1=C(C(=O)OCCOc2ccccc2)C(c2ccc(C)cc2)C2=C(CC(C)(C)CC2=O)N1. The van der Waals surface area contributed by atoms with Gasteiger partial charge in [0.1, 0.15) is 19.0 Å². The molecular formula is C28H31NO4. The highest BCUT2D eigenvalue weighted by molar-refractivity contribution is 6.04. The monoisotopic (exact) mass is 445 g/mol. The van der Waals surface area contributed by atoms with Crippen molar-refractivity contribution in [3.05, 3.63) is 88.3 Å². The molecule has 4 rings (SSSR count). The highest BCUT2D eigenvalue weighted by atomic mass is 16.6. The minimum absolute atomic E-state index is 0.0875. The first kappa shape index (κ1) is 22.8. The molecule has 1 unspecified atom stereocenters. The first-order valence-electron chi connectivity index (χ1n) is 11.4. The number of aryl methyl sites for hydroxylation is 1. The van der Waals surface area contributed by atoms with Crippen LogP contribution in [0.15, 0.2) is 77.1 Å². The van der Waals surface area contributed by atoms with Crippen LogP contribution in [0.25, 0.3) is 0 Å². The number of dihydropyridines is 1. The van der Waals surface area contributed by atoms with Crippen molar-refractivity contribution < 1.29 is 19.1 Å². The number of nitrogens with one attached hydrogen (secondary N) is 1. The van der Waals surface area contributed by atoms with Crippen LogP contribution < -0.4 is 10.1 Å². The molecule has 0 radical (unpaired) electrons. The Morgan fingerprint density at radius 2 is 1.70 bits per heavy atom. The number of carbonyl (C=O) groups excluding carboxylic acids is 2. The third-order valence-electron chi connectivity index (χ3n) is 6.20. The Labute approximate surface area is 195 Å². The molecule has 1 aliphatic carbocycles. The summed E-state index contributed by atoms with van der Waals surface area (Å²) >= 11 is 0. The van der Waals surface area contributed by atoms with Gasteiger partial charge in [-0.05, 0) is 43.4 Å². The molecule has 2 aromatic rings. The number of benzene rings is 2. The third-order valence-corrected chi connectivity index (χ3v) is 6.20. The quantitative estimate of drug-likeness (QED) is 0.488. The lowest BCUT2D eigenvalue weighted by molar-refractivity contribution is -0.140. The molecule has 1 atom stereocenters. The Morgan fingerprint density at radius 3 is 2.39 bits per heavy atom. The standard InChI is InChI=1S/C28H31NO4/c1-18-10-12-20(13-11-18)25-24(27(31)33-15-14-32-21-8-6-5-7-9-21)19(2)29-22-16-28(3,4)17-23(30)26(22)25/h5-13,25,29H,14-17H2,1-4H3. The van der Waals surface area contributed by atoms with E-state index in [2.05, 4.69) is 19.2 Å². The van der Waals surface area contributed by atoms with Gasteiger partial charge in [0.2, 0.25) is 0 Å². The van der Waals surface area contributed by atoms with Gasteiger partial charge in [-0.15, -0.1) is 0 Å². The van der Waals surface area contributed by atoms with E-state index in [1.165, 1.54) is 0 Å². The van der Waals surface area contributed by atoms with E-state index < -0.39 is 11.9 Å². The smallest absolute Gasteiger partial charge is 0.336 e. The van der Waals surface area contributed by atoms with E-state index in [1.807, 2.05) is 68.4 Å². The fraction of sp³-hybridized carbons (Fsp3) is 0.357. The predicted octanol–water partition coefficient (Wildman–Crippen LogP) is 5.22. The lowest BCUT2D eigenvalue weighted by Crippen LogP contribution is -2.38. The molecule has 0 fully saturated rings. The Hall–Kier alpha value is -3.34. The van der Waals surface area contributed by atoms with Gasteiger partial charge in [-0.3, -0.25) is 4.79 Å². The zero-order valence-electron chi connectivity index (χ0n) is 19.7. The Balaban J connectivity index is 1.59. The van der Waals surface area contributed by atoms with Crippen molar-refractivity contribution in [1.82, 2.24) is 5.32 Å². The molecule has 2 aliphatic rings. The maximum Gasteiger partial charge on any atom is 0.336 e. The normalized spacial score (nSPS) is 19.6. The summed E-state index contributed by atoms with van der Waals surface area (Å²) in [4.78, 5) is 26.6. The highest BCUT2D eigenvalue weighted by Crippen LogP contribution is 2.46. The largest absolute Gasteiger partial charge is 0.490 e. The van der Waals surface area contributed by atoms with Gasteiger partial charge in [0, 0.05) is 29.3 Å². The van der Waals surface area contributed by atoms with Gasteiger partial charge in [0.15, 0.2) is 5.78 Å². The number of hydrogen-bond acceptors (Lipinski definition) is 5. The summed E-state index contributed by atoms with van der Waals surface area (Å²) in [6.45, 7) is 8.49. The molecule has 5 heteroatoms. The number of hydrogen-bond donors (Lipinski definition) is 1. The second kappa shape index (κ2) is 9.26. The molecule has 1 heterocycles. The topological polar surface area (TPSA) is 64.6 Å². The minimum Gasteiger partial charge on any atom is -0.490 e. The molecule has 0 saturated heterocycles. The number of rotatable bonds is 6. The predicted molar refractivity (Wildman–Crippen MR) is 128 cm³/mol. The number of esters is 1. The summed E-state index contributed by atoms with van der Waals surface area (Å²) in [5.41, 5.74) is 4.77. The zero-order chi connectivity index (χ0) is 23.6. The Kier molecular flexibility index (Phi) is 6.41. The van der Waals surface area contributed by atoms with E-state index in [1.54, 1.807) is 0 Å². The van der Waals surface area contributed by atoms with Crippen molar-refractivity contribution >= 4 is 11.8 Å². The van der Waals surface area contributed by atoms with Crippen LogP contribution in [0.3, 0.4) is 0 Å². The van der Waals surface area contributed by atoms with Crippen LogP contribution in [0.5, 0.6) is 5.75 Å². The van der Waals surface area contributed by atoms with Crippen LogP contribution in [0.4, 0.5) is 0 Å². The Morgan fingerprint density at radius 1 is 1.00 bits per heavy atom. The van der Waals surface area contributed by atoms with E-state index in [4.69, 9.17) is 9.47 Å². The molecule has 0 amide bonds. The fourth-order valence-electron chi connectivity index (χ4n) is 4.69. The van der Waals surface area contributed by atoms with Crippen LogP contribution in [-0.4, -0.2) is 25.0 Å². The summed E-state index contributed by atoms with van der Waals surface area (Å²) < 4.78 is 11.3. The first-order valence-corrected chi connectivity index (χ1v) is 11.4. The molecule has 33 heavy (non-hydrogen) atoms. The number of para-hydroxylation sites is 1. The molecule has 1 aliphatic heterocycles. The van der Waals surface area contributed by atoms with E-state index in [0.29, 0.717) is 17.6 Å². The summed E-state index contributed by atoms with van der Waals surface area (Å²) in [6, 6.07) is 17.5. The van der Waals surface area contributed by atoms with Crippen LogP contribution in [-0.2, 0) is 14.3 Å². The summed E-state index contributed by atoms with van der Waals surface area (Å²) in [5.74, 6) is -0.0463. The van der Waals surface area contributed by atoms with Gasteiger partial charge in [0.25, 0.3) is 0 Å². The van der Waals surface area contributed by atoms with Crippen LogP contribution in [0.2, 0.25) is 0 Å². The molecule has 5 nitrogen and oxygen atoms in total. The van der Waals surface area contributed by atoms with E-state index in [0.717, 1.165) is 34.7 Å². The van der Waals surface area contributed by atoms with E-state index in [-0.39, 0.29) is 24.4 Å². The summed E-state index contributed by atoms with van der Waals surface area (Å²) in [6.07, 6.45) is 1.23. The van der Waals surface area contributed by atoms with Crippen LogP contribution >= 0.6 is 0 Å². The second-order valence-corrected chi connectivity index (χ2v) is 9.64. The third kappa shape index (κ3) is 5.03. The average Bonchev–Trinajstić information content (AvgIpc) is 2.76. The second-order valence-electron chi connectivity index (χ2n) is 9.64. The number of carbonyl (C=O) groups is 2. The molecule has 1 N–H and O–H groups in total. The van der Waals surface area contributed by atoms with Gasteiger partial charge >= 0.3 is 5.97 Å². The summed E-state index contributed by atoms with van der Waals surface area (Å²) in [7, 11) is 0. The molecule has 0 aromatic heterocycles. The van der Waals surface area contributed by atoms with Gasteiger partial charge in [-0.25, -0.2) is 4.79 Å². The van der Waals surface area contributed by atoms with E-state index >= 15 is 0 Å². The van der Waals surface area contributed by atoms with Crippen LogP contribution in [0, 0.1) is 12.3 Å². The summed E-state index contributed by atoms with van der Waals surface area (Å²) in [5, 5.41) is 3.37. The number of ether oxygens (including phenoxy) is 2.